The fraction of sp³-hybridized carbons (Fsp3) is 0.211. The van der Waals surface area contributed by atoms with Gasteiger partial charge in [-0.1, -0.05) is 17.8 Å². The van der Waals surface area contributed by atoms with E-state index < -0.39 is 0 Å². The predicted octanol–water partition coefficient (Wildman–Crippen LogP) is 3.47. The van der Waals surface area contributed by atoms with Gasteiger partial charge in [0.1, 0.15) is 11.5 Å². The third kappa shape index (κ3) is 4.55. The molecule has 0 unspecified atom stereocenters. The van der Waals surface area contributed by atoms with E-state index in [1.165, 1.54) is 11.8 Å². The van der Waals surface area contributed by atoms with Crippen molar-refractivity contribution in [2.45, 2.75) is 11.7 Å². The number of furan rings is 1. The lowest BCUT2D eigenvalue weighted by Gasteiger charge is -2.10. The number of thioether (sulfide) groups is 1. The highest BCUT2D eigenvalue weighted by Crippen LogP contribution is 2.27. The molecule has 0 aliphatic carbocycles. The molecule has 146 valence electrons. The summed E-state index contributed by atoms with van der Waals surface area (Å²) in [5, 5.41) is 11.8. The lowest BCUT2D eigenvalue weighted by molar-refractivity contribution is -0.113. The summed E-state index contributed by atoms with van der Waals surface area (Å²) >= 11 is 1.28. The number of aromatic nitrogens is 3. The number of methoxy groups -OCH3 is 2. The van der Waals surface area contributed by atoms with Crippen LogP contribution >= 0.6 is 11.8 Å². The summed E-state index contributed by atoms with van der Waals surface area (Å²) in [4.78, 5) is 12.4. The number of nitrogens with zero attached hydrogens (tertiary/aromatic N) is 3. The van der Waals surface area contributed by atoms with E-state index in [0.29, 0.717) is 40.5 Å². The second-order valence-electron chi connectivity index (χ2n) is 5.62. The van der Waals surface area contributed by atoms with Crippen molar-refractivity contribution in [2.24, 2.45) is 0 Å². The minimum atomic E-state index is -0.187. The van der Waals surface area contributed by atoms with Gasteiger partial charge in [-0.25, -0.2) is 0 Å². The molecule has 1 amide bonds. The van der Waals surface area contributed by atoms with Crippen LogP contribution in [-0.2, 0) is 11.3 Å². The molecule has 8 nitrogen and oxygen atoms in total. The lowest BCUT2D eigenvalue weighted by atomic mass is 10.2. The van der Waals surface area contributed by atoms with Crippen LogP contribution in [0, 0.1) is 0 Å². The Kier molecular flexibility index (Phi) is 6.38. The van der Waals surface area contributed by atoms with Crippen molar-refractivity contribution < 1.29 is 18.7 Å². The van der Waals surface area contributed by atoms with Gasteiger partial charge in [0.15, 0.2) is 10.9 Å². The number of rotatable bonds is 9. The molecule has 0 saturated carbocycles. The van der Waals surface area contributed by atoms with Crippen LogP contribution in [0.5, 0.6) is 11.5 Å². The molecule has 3 aromatic rings. The van der Waals surface area contributed by atoms with E-state index >= 15 is 0 Å². The number of benzene rings is 1. The number of carbonyl (C=O) groups excluding carboxylic acids is 1. The summed E-state index contributed by atoms with van der Waals surface area (Å²) in [6.45, 7) is 4.26. The Hall–Kier alpha value is -3.20. The lowest BCUT2D eigenvalue weighted by Crippen LogP contribution is -2.15. The predicted molar refractivity (Wildman–Crippen MR) is 107 cm³/mol. The molecule has 9 heteroatoms. The molecule has 2 aromatic heterocycles. The zero-order chi connectivity index (χ0) is 19.9. The molecular weight excluding hydrogens is 380 g/mol. The van der Waals surface area contributed by atoms with Crippen LogP contribution in [0.15, 0.2) is 58.8 Å². The van der Waals surface area contributed by atoms with Gasteiger partial charge in [-0.05, 0) is 12.1 Å². The Morgan fingerprint density at radius 1 is 1.29 bits per heavy atom. The first-order valence-corrected chi connectivity index (χ1v) is 9.37. The smallest absolute Gasteiger partial charge is 0.234 e. The SMILES string of the molecule is C=CCn1c(SCC(=O)Nc2cc(OC)cc(OC)c2)nnc1-c1ccco1. The van der Waals surface area contributed by atoms with E-state index in [-0.39, 0.29) is 11.7 Å². The van der Waals surface area contributed by atoms with Crippen LogP contribution in [0.25, 0.3) is 11.6 Å². The third-order valence-corrected chi connectivity index (χ3v) is 4.70. The van der Waals surface area contributed by atoms with Crippen molar-refractivity contribution in [2.75, 3.05) is 25.3 Å². The summed E-state index contributed by atoms with van der Waals surface area (Å²) in [5.74, 6) is 2.35. The fourth-order valence-corrected chi connectivity index (χ4v) is 3.23. The van der Waals surface area contributed by atoms with Gasteiger partial charge >= 0.3 is 0 Å². The Morgan fingerprint density at radius 3 is 2.64 bits per heavy atom. The second-order valence-corrected chi connectivity index (χ2v) is 6.56. The largest absolute Gasteiger partial charge is 0.497 e. The number of amides is 1. The van der Waals surface area contributed by atoms with Crippen molar-refractivity contribution in [3.63, 3.8) is 0 Å². The molecule has 0 fully saturated rings. The first-order valence-electron chi connectivity index (χ1n) is 8.38. The van der Waals surface area contributed by atoms with Crippen LogP contribution in [-0.4, -0.2) is 40.6 Å². The molecule has 0 aliphatic rings. The summed E-state index contributed by atoms with van der Waals surface area (Å²) in [5.41, 5.74) is 0.589. The number of allylic oxidation sites excluding steroid dienone is 1. The minimum absolute atomic E-state index is 0.160. The van der Waals surface area contributed by atoms with Crippen molar-refractivity contribution >= 4 is 23.4 Å². The zero-order valence-corrected chi connectivity index (χ0v) is 16.4. The van der Waals surface area contributed by atoms with Gasteiger partial charge < -0.3 is 19.2 Å². The molecule has 3 rings (SSSR count). The monoisotopic (exact) mass is 400 g/mol. The first kappa shape index (κ1) is 19.6. The standard InChI is InChI=1S/C19H20N4O4S/c1-4-7-23-18(16-6-5-8-27-16)21-22-19(23)28-12-17(24)20-13-9-14(25-2)11-15(10-13)26-3/h4-6,8-11H,1,7,12H2,2-3H3,(H,20,24). The minimum Gasteiger partial charge on any atom is -0.497 e. The average Bonchev–Trinajstić information content (AvgIpc) is 3.36. The van der Waals surface area contributed by atoms with E-state index in [9.17, 15) is 4.79 Å². The van der Waals surface area contributed by atoms with E-state index in [2.05, 4.69) is 22.1 Å². The molecule has 0 saturated heterocycles. The zero-order valence-electron chi connectivity index (χ0n) is 15.5. The number of anilines is 1. The molecule has 1 N–H and O–H groups in total. The maximum Gasteiger partial charge on any atom is 0.234 e. The second kappa shape index (κ2) is 9.14. The van der Waals surface area contributed by atoms with Gasteiger partial charge in [-0.15, -0.1) is 16.8 Å². The molecule has 0 bridgehead atoms. The first-order chi connectivity index (χ1) is 13.6. The third-order valence-electron chi connectivity index (χ3n) is 3.74. The topological polar surface area (TPSA) is 91.4 Å². The summed E-state index contributed by atoms with van der Waals surface area (Å²) in [6.07, 6.45) is 3.31. The van der Waals surface area contributed by atoms with E-state index in [4.69, 9.17) is 13.9 Å². The van der Waals surface area contributed by atoms with Crippen molar-refractivity contribution in [3.05, 3.63) is 49.2 Å². The number of hydrogen-bond acceptors (Lipinski definition) is 7. The molecule has 0 radical (unpaired) electrons. The summed E-state index contributed by atoms with van der Waals surface area (Å²) in [7, 11) is 3.11. The van der Waals surface area contributed by atoms with Gasteiger partial charge in [0.05, 0.1) is 26.2 Å². The van der Waals surface area contributed by atoms with Crippen LogP contribution in [0.3, 0.4) is 0 Å². The van der Waals surface area contributed by atoms with Crippen LogP contribution in [0.4, 0.5) is 5.69 Å². The fourth-order valence-electron chi connectivity index (χ4n) is 2.48. The van der Waals surface area contributed by atoms with Gasteiger partial charge in [0.2, 0.25) is 11.7 Å². The van der Waals surface area contributed by atoms with Crippen molar-refractivity contribution in [1.29, 1.82) is 0 Å². The Morgan fingerprint density at radius 2 is 2.04 bits per heavy atom. The quantitative estimate of drug-likeness (QED) is 0.434. The maximum absolute atomic E-state index is 12.4. The molecule has 1 aromatic carbocycles. The van der Waals surface area contributed by atoms with E-state index in [1.54, 1.807) is 56.9 Å². The van der Waals surface area contributed by atoms with Gasteiger partial charge in [-0.2, -0.15) is 0 Å². The van der Waals surface area contributed by atoms with Crippen LogP contribution in [0.1, 0.15) is 0 Å². The van der Waals surface area contributed by atoms with Crippen LogP contribution < -0.4 is 14.8 Å². The van der Waals surface area contributed by atoms with Gasteiger partial charge in [0.25, 0.3) is 0 Å². The highest BCUT2D eigenvalue weighted by molar-refractivity contribution is 7.99. The van der Waals surface area contributed by atoms with E-state index in [0.717, 1.165) is 0 Å². The molecule has 0 spiro atoms. The molecule has 2 heterocycles. The number of hydrogen-bond donors (Lipinski definition) is 1. The molecular formula is C19H20N4O4S. The summed E-state index contributed by atoms with van der Waals surface area (Å²) < 4.78 is 17.7. The maximum atomic E-state index is 12.4. The number of nitrogens with one attached hydrogen (secondary N) is 1. The Labute approximate surface area is 166 Å². The van der Waals surface area contributed by atoms with E-state index in [1.807, 2.05) is 4.57 Å². The number of carbonyl (C=O) groups is 1. The van der Waals surface area contributed by atoms with Gasteiger partial charge in [-0.3, -0.25) is 9.36 Å². The van der Waals surface area contributed by atoms with Crippen molar-refractivity contribution in [3.8, 4) is 23.1 Å². The summed E-state index contributed by atoms with van der Waals surface area (Å²) in [6, 6.07) is 8.77. The average molecular weight is 400 g/mol. The number of ether oxygens (including phenoxy) is 2. The molecule has 0 atom stereocenters. The molecule has 0 aliphatic heterocycles. The Bertz CT molecular complexity index is 931. The van der Waals surface area contributed by atoms with Gasteiger partial charge in [0, 0.05) is 30.4 Å². The van der Waals surface area contributed by atoms with Crippen molar-refractivity contribution in [1.82, 2.24) is 14.8 Å². The normalized spacial score (nSPS) is 10.5. The van der Waals surface area contributed by atoms with Crippen LogP contribution in [0.2, 0.25) is 0 Å². The highest BCUT2D eigenvalue weighted by atomic mass is 32.2. The molecule has 28 heavy (non-hydrogen) atoms. The Balaban J connectivity index is 1.69. The highest BCUT2D eigenvalue weighted by Gasteiger charge is 2.16.